The van der Waals surface area contributed by atoms with Gasteiger partial charge in [-0.3, -0.25) is 4.98 Å². The molecule has 0 aliphatic carbocycles. The van der Waals surface area contributed by atoms with Crippen LogP contribution >= 0.6 is 0 Å². The van der Waals surface area contributed by atoms with Gasteiger partial charge in [0.05, 0.1) is 11.2 Å². The smallest absolute Gasteiger partial charge is 0.0739 e. The molecule has 0 bridgehead atoms. The average molecular weight is 212 g/mol. The minimum Gasteiger partial charge on any atom is -0.375 e. The summed E-state index contributed by atoms with van der Waals surface area (Å²) in [6.07, 6.45) is 1.82. The quantitative estimate of drug-likeness (QED) is 0.843. The predicted octanol–water partition coefficient (Wildman–Crippen LogP) is 3.43. The Morgan fingerprint density at radius 1 is 0.938 bits per heavy atom. The summed E-state index contributed by atoms with van der Waals surface area (Å²) in [7, 11) is 0. The van der Waals surface area contributed by atoms with Crippen LogP contribution in [0.3, 0.4) is 0 Å². The molecule has 16 heavy (non-hydrogen) atoms. The van der Waals surface area contributed by atoms with Crippen LogP contribution in [0.15, 0.2) is 54.7 Å². The number of hydrogen-bond acceptors (Lipinski definition) is 2. The summed E-state index contributed by atoms with van der Waals surface area (Å²) in [6.45, 7) is 4.25. The lowest BCUT2D eigenvalue weighted by molar-refractivity contribution is 0.587. The van der Waals surface area contributed by atoms with E-state index in [-0.39, 0.29) is 5.54 Å². The number of hydrogen-bond donors (Lipinski definition) is 1. The molecule has 2 aromatic rings. The molecule has 0 spiro atoms. The van der Waals surface area contributed by atoms with E-state index in [1.54, 1.807) is 0 Å². The molecular formula is C14H16N2. The van der Waals surface area contributed by atoms with Gasteiger partial charge in [-0.25, -0.2) is 0 Å². The number of aromatic nitrogens is 1. The monoisotopic (exact) mass is 212 g/mol. The van der Waals surface area contributed by atoms with Crippen molar-refractivity contribution in [3.05, 3.63) is 60.4 Å². The number of nitrogens with one attached hydrogen (secondary N) is 1. The first-order valence-electron chi connectivity index (χ1n) is 5.43. The largest absolute Gasteiger partial charge is 0.375 e. The summed E-state index contributed by atoms with van der Waals surface area (Å²) >= 11 is 0. The number of benzene rings is 1. The molecule has 82 valence electrons. The van der Waals surface area contributed by atoms with Gasteiger partial charge < -0.3 is 5.32 Å². The molecule has 0 radical (unpaired) electrons. The van der Waals surface area contributed by atoms with E-state index in [0.717, 1.165) is 11.4 Å². The number of nitrogens with zero attached hydrogens (tertiary/aromatic N) is 1. The van der Waals surface area contributed by atoms with Gasteiger partial charge in [0.25, 0.3) is 0 Å². The molecule has 2 rings (SSSR count). The summed E-state index contributed by atoms with van der Waals surface area (Å²) in [5.41, 5.74) is 1.99. The molecule has 0 atom stereocenters. The first kappa shape index (κ1) is 10.7. The molecular weight excluding hydrogens is 196 g/mol. The fourth-order valence-electron chi connectivity index (χ4n) is 1.68. The lowest BCUT2D eigenvalue weighted by Gasteiger charge is -2.26. The first-order valence-corrected chi connectivity index (χ1v) is 5.43. The van der Waals surface area contributed by atoms with Crippen molar-refractivity contribution in [2.75, 3.05) is 5.32 Å². The number of anilines is 1. The van der Waals surface area contributed by atoms with Gasteiger partial charge in [-0.2, -0.15) is 0 Å². The van der Waals surface area contributed by atoms with Gasteiger partial charge in [0.1, 0.15) is 0 Å². The highest BCUT2D eigenvalue weighted by Gasteiger charge is 2.20. The molecule has 0 aliphatic rings. The van der Waals surface area contributed by atoms with Crippen molar-refractivity contribution in [3.63, 3.8) is 0 Å². The Balaban J connectivity index is 2.21. The normalized spacial score (nSPS) is 11.1. The van der Waals surface area contributed by atoms with Gasteiger partial charge in [0, 0.05) is 11.9 Å². The van der Waals surface area contributed by atoms with Gasteiger partial charge in [0.2, 0.25) is 0 Å². The van der Waals surface area contributed by atoms with Crippen LogP contribution < -0.4 is 5.32 Å². The second-order valence-corrected chi connectivity index (χ2v) is 4.33. The molecule has 0 fully saturated rings. The van der Waals surface area contributed by atoms with Crippen LogP contribution in [0.25, 0.3) is 0 Å². The zero-order valence-corrected chi connectivity index (χ0v) is 9.64. The van der Waals surface area contributed by atoms with E-state index >= 15 is 0 Å². The summed E-state index contributed by atoms with van der Waals surface area (Å²) in [6, 6.07) is 16.2. The van der Waals surface area contributed by atoms with Gasteiger partial charge in [-0.15, -0.1) is 0 Å². The number of para-hydroxylation sites is 1. The van der Waals surface area contributed by atoms with Crippen molar-refractivity contribution in [3.8, 4) is 0 Å². The third-order valence-corrected chi connectivity index (χ3v) is 2.54. The van der Waals surface area contributed by atoms with Crippen LogP contribution in [0, 0.1) is 0 Å². The minimum absolute atomic E-state index is 0.164. The molecule has 0 unspecified atom stereocenters. The zero-order chi connectivity index (χ0) is 11.4. The highest BCUT2D eigenvalue weighted by atomic mass is 15.0. The maximum absolute atomic E-state index is 4.38. The van der Waals surface area contributed by atoms with Crippen LogP contribution in [0.5, 0.6) is 0 Å². The summed E-state index contributed by atoms with van der Waals surface area (Å²) in [4.78, 5) is 4.38. The van der Waals surface area contributed by atoms with Crippen LogP contribution in [0.2, 0.25) is 0 Å². The lowest BCUT2D eigenvalue weighted by Crippen LogP contribution is -2.28. The van der Waals surface area contributed by atoms with E-state index in [1.165, 1.54) is 0 Å². The van der Waals surface area contributed by atoms with Gasteiger partial charge >= 0.3 is 0 Å². The highest BCUT2D eigenvalue weighted by molar-refractivity contribution is 5.46. The van der Waals surface area contributed by atoms with E-state index in [4.69, 9.17) is 0 Å². The van der Waals surface area contributed by atoms with Crippen molar-refractivity contribution in [1.29, 1.82) is 0 Å². The molecule has 1 N–H and O–H groups in total. The zero-order valence-electron chi connectivity index (χ0n) is 9.64. The average Bonchev–Trinajstić information content (AvgIpc) is 2.31. The summed E-state index contributed by atoms with van der Waals surface area (Å²) < 4.78 is 0. The van der Waals surface area contributed by atoms with Crippen molar-refractivity contribution < 1.29 is 0 Å². The minimum atomic E-state index is -0.164. The molecule has 2 nitrogen and oxygen atoms in total. The SMILES string of the molecule is CC(C)(Nc1ccccc1)c1ccccn1. The molecule has 0 aliphatic heterocycles. The summed E-state index contributed by atoms with van der Waals surface area (Å²) in [5.74, 6) is 0. The first-order chi connectivity index (χ1) is 7.68. The molecule has 0 saturated carbocycles. The Kier molecular flexibility index (Phi) is 2.91. The maximum atomic E-state index is 4.38. The molecule has 1 heterocycles. The number of pyridine rings is 1. The third kappa shape index (κ3) is 2.40. The van der Waals surface area contributed by atoms with Crippen molar-refractivity contribution in [1.82, 2.24) is 4.98 Å². The topological polar surface area (TPSA) is 24.9 Å². The molecule has 1 aromatic heterocycles. The fourth-order valence-corrected chi connectivity index (χ4v) is 1.68. The highest BCUT2D eigenvalue weighted by Crippen LogP contribution is 2.23. The van der Waals surface area contributed by atoms with Crippen molar-refractivity contribution in [2.24, 2.45) is 0 Å². The molecule has 1 aromatic carbocycles. The predicted molar refractivity (Wildman–Crippen MR) is 67.3 cm³/mol. The third-order valence-electron chi connectivity index (χ3n) is 2.54. The van der Waals surface area contributed by atoms with Crippen LogP contribution in [0.1, 0.15) is 19.5 Å². The molecule has 2 heteroatoms. The Hall–Kier alpha value is -1.83. The Morgan fingerprint density at radius 2 is 1.62 bits per heavy atom. The maximum Gasteiger partial charge on any atom is 0.0739 e. The van der Waals surface area contributed by atoms with E-state index < -0.39 is 0 Å². The Morgan fingerprint density at radius 3 is 2.25 bits per heavy atom. The van der Waals surface area contributed by atoms with Crippen molar-refractivity contribution in [2.45, 2.75) is 19.4 Å². The van der Waals surface area contributed by atoms with Gasteiger partial charge in [0.15, 0.2) is 0 Å². The molecule has 0 saturated heterocycles. The fraction of sp³-hybridized carbons (Fsp3) is 0.214. The van der Waals surface area contributed by atoms with Gasteiger partial charge in [-0.1, -0.05) is 24.3 Å². The van der Waals surface area contributed by atoms with E-state index in [1.807, 2.05) is 42.6 Å². The standard InChI is InChI=1S/C14H16N2/c1-14(2,13-10-6-7-11-15-13)16-12-8-4-3-5-9-12/h3-11,16H,1-2H3. The Labute approximate surface area is 96.4 Å². The van der Waals surface area contributed by atoms with E-state index in [9.17, 15) is 0 Å². The second kappa shape index (κ2) is 4.35. The van der Waals surface area contributed by atoms with E-state index in [0.29, 0.717) is 0 Å². The molecule has 0 amide bonds. The Bertz CT molecular complexity index is 435. The number of rotatable bonds is 3. The van der Waals surface area contributed by atoms with Crippen LogP contribution in [-0.4, -0.2) is 4.98 Å². The van der Waals surface area contributed by atoms with Crippen LogP contribution in [0.4, 0.5) is 5.69 Å². The van der Waals surface area contributed by atoms with Crippen molar-refractivity contribution >= 4 is 5.69 Å². The lowest BCUT2D eigenvalue weighted by atomic mass is 9.99. The van der Waals surface area contributed by atoms with E-state index in [2.05, 4.69) is 36.3 Å². The summed E-state index contributed by atoms with van der Waals surface area (Å²) in [5, 5.41) is 3.47. The van der Waals surface area contributed by atoms with Crippen LogP contribution in [-0.2, 0) is 5.54 Å². The second-order valence-electron chi connectivity index (χ2n) is 4.33. The van der Waals surface area contributed by atoms with Gasteiger partial charge in [-0.05, 0) is 38.1 Å².